The average Bonchev–Trinajstić information content (AvgIpc) is 3.19. The number of H-pyrrole nitrogens is 1. The molecule has 8 heteroatoms. The van der Waals surface area contributed by atoms with Gasteiger partial charge in [-0.05, 0) is 42.8 Å². The van der Waals surface area contributed by atoms with Gasteiger partial charge in [-0.25, -0.2) is 4.68 Å². The van der Waals surface area contributed by atoms with E-state index < -0.39 is 0 Å². The van der Waals surface area contributed by atoms with E-state index in [9.17, 15) is 4.79 Å². The zero-order valence-corrected chi connectivity index (χ0v) is 16.2. The maximum atomic E-state index is 12.8. The van der Waals surface area contributed by atoms with Gasteiger partial charge in [-0.15, -0.1) is 0 Å². The highest BCUT2D eigenvalue weighted by Gasteiger charge is 2.08. The molecule has 0 aliphatic rings. The van der Waals surface area contributed by atoms with E-state index in [1.54, 1.807) is 6.20 Å². The molecule has 0 aliphatic heterocycles. The van der Waals surface area contributed by atoms with Crippen molar-refractivity contribution in [3.63, 3.8) is 0 Å². The van der Waals surface area contributed by atoms with Crippen molar-refractivity contribution in [1.82, 2.24) is 18.5 Å². The lowest BCUT2D eigenvalue weighted by molar-refractivity contribution is 0.831. The first-order valence-electron chi connectivity index (χ1n) is 7.79. The monoisotopic (exact) mass is 427 g/mol. The van der Waals surface area contributed by atoms with Crippen molar-refractivity contribution >= 4 is 57.2 Å². The summed E-state index contributed by atoms with van der Waals surface area (Å²) in [5, 5.41) is 7.20. The van der Waals surface area contributed by atoms with Gasteiger partial charge in [0.15, 0.2) is 0 Å². The number of hydrogen-bond acceptors (Lipinski definition) is 5. The first-order chi connectivity index (χ1) is 12.5. The summed E-state index contributed by atoms with van der Waals surface area (Å²) in [6, 6.07) is 11.4. The molecule has 4 aromatic rings. The first kappa shape index (κ1) is 16.7. The Labute approximate surface area is 160 Å². The molecule has 2 heterocycles. The van der Waals surface area contributed by atoms with Crippen molar-refractivity contribution < 1.29 is 0 Å². The van der Waals surface area contributed by atoms with Crippen LogP contribution in [0, 0.1) is 6.92 Å². The van der Waals surface area contributed by atoms with Gasteiger partial charge in [-0.3, -0.25) is 9.89 Å². The minimum Gasteiger partial charge on any atom is -0.359 e. The molecule has 4 rings (SSSR count). The number of halogens is 1. The molecule has 130 valence electrons. The number of rotatable bonds is 3. The van der Waals surface area contributed by atoms with Gasteiger partial charge < -0.3 is 5.32 Å². The second kappa shape index (κ2) is 6.54. The van der Waals surface area contributed by atoms with E-state index in [1.165, 1.54) is 4.68 Å². The van der Waals surface area contributed by atoms with Crippen LogP contribution in [0.5, 0.6) is 0 Å². The quantitative estimate of drug-likeness (QED) is 0.526. The molecular formula is C18H14BrN5OS. The molecule has 2 N–H and O–H groups in total. The Bertz CT molecular complexity index is 1290. The van der Waals surface area contributed by atoms with Crippen LogP contribution in [0.1, 0.15) is 5.56 Å². The van der Waals surface area contributed by atoms with E-state index in [0.29, 0.717) is 10.6 Å². The minimum absolute atomic E-state index is 0.170. The van der Waals surface area contributed by atoms with Crippen molar-refractivity contribution in [3.05, 3.63) is 67.4 Å². The van der Waals surface area contributed by atoms with Crippen LogP contribution in [0.2, 0.25) is 0 Å². The fraction of sp³-hybridized carbons (Fsp3) is 0.0556. The van der Waals surface area contributed by atoms with Crippen molar-refractivity contribution in [2.24, 2.45) is 0 Å². The van der Waals surface area contributed by atoms with E-state index in [4.69, 9.17) is 0 Å². The number of nitrogens with one attached hydrogen (secondary N) is 2. The Hall–Kier alpha value is -2.71. The molecule has 0 amide bonds. The van der Waals surface area contributed by atoms with Crippen molar-refractivity contribution in [3.8, 4) is 5.69 Å². The van der Waals surface area contributed by atoms with Gasteiger partial charge in [0.25, 0.3) is 5.56 Å². The third-order valence-corrected chi connectivity index (χ3v) is 5.10. The fourth-order valence-electron chi connectivity index (χ4n) is 2.76. The highest BCUT2D eigenvalue weighted by Crippen LogP contribution is 2.21. The van der Waals surface area contributed by atoms with Crippen LogP contribution in [0.4, 0.5) is 5.69 Å². The summed E-state index contributed by atoms with van der Waals surface area (Å²) in [5.74, 6) is 0. The van der Waals surface area contributed by atoms with Crippen LogP contribution in [-0.2, 0) is 0 Å². The van der Waals surface area contributed by atoms with E-state index in [-0.39, 0.29) is 5.56 Å². The number of aromatic nitrogens is 4. The van der Waals surface area contributed by atoms with Crippen LogP contribution in [0.15, 0.2) is 45.7 Å². The predicted molar refractivity (Wildman–Crippen MR) is 109 cm³/mol. The summed E-state index contributed by atoms with van der Waals surface area (Å²) in [6.45, 7) is 5.91. The Kier molecular flexibility index (Phi) is 4.21. The van der Waals surface area contributed by atoms with Gasteiger partial charge in [0, 0.05) is 10.7 Å². The van der Waals surface area contributed by atoms with Crippen LogP contribution in [0.3, 0.4) is 0 Å². The van der Waals surface area contributed by atoms with Gasteiger partial charge in [-0.2, -0.15) is 8.75 Å². The van der Waals surface area contributed by atoms with Gasteiger partial charge in [0.05, 0.1) is 33.7 Å². The second-order valence-corrected chi connectivity index (χ2v) is 7.25. The zero-order valence-electron chi connectivity index (χ0n) is 13.8. The molecule has 2 aromatic heterocycles. The summed E-state index contributed by atoms with van der Waals surface area (Å²) in [5.41, 5.74) is 3.98. The topological polar surface area (TPSA) is 75.6 Å². The molecule has 0 saturated carbocycles. The van der Waals surface area contributed by atoms with Crippen molar-refractivity contribution in [1.29, 1.82) is 0 Å². The maximum Gasteiger partial charge on any atom is 0.280 e. The summed E-state index contributed by atoms with van der Waals surface area (Å²) in [6.07, 6.45) is 1.65. The summed E-state index contributed by atoms with van der Waals surface area (Å²) in [7, 11) is 0. The van der Waals surface area contributed by atoms with Crippen LogP contribution >= 0.6 is 27.7 Å². The average molecular weight is 428 g/mol. The van der Waals surface area contributed by atoms with Crippen molar-refractivity contribution in [2.75, 3.05) is 5.32 Å². The third kappa shape index (κ3) is 2.87. The molecule has 0 spiro atoms. The van der Waals surface area contributed by atoms with Gasteiger partial charge in [0.1, 0.15) is 11.0 Å². The molecule has 0 atom stereocenters. The molecule has 26 heavy (non-hydrogen) atoms. The normalized spacial score (nSPS) is 12.0. The summed E-state index contributed by atoms with van der Waals surface area (Å²) in [4.78, 5) is 12.8. The second-order valence-electron chi connectivity index (χ2n) is 5.80. The Balaban J connectivity index is 1.80. The number of hydrogen-bond donors (Lipinski definition) is 2. The standard InChI is InChI=1S/C18H14BrN5OS/c1-10-8-12(19)6-7-16(10)24-18(25)13(11(2)21-24)9-20-14-4-3-5-15-17(14)23-26-22-15/h3-9,20-21H,2H2,1H3. The highest BCUT2D eigenvalue weighted by molar-refractivity contribution is 9.10. The molecule has 6 nitrogen and oxygen atoms in total. The molecule has 0 saturated heterocycles. The lowest BCUT2D eigenvalue weighted by Gasteiger charge is -2.05. The third-order valence-electron chi connectivity index (χ3n) is 4.06. The number of benzene rings is 2. The molecular weight excluding hydrogens is 414 g/mol. The van der Waals surface area contributed by atoms with E-state index >= 15 is 0 Å². The molecule has 0 radical (unpaired) electrons. The summed E-state index contributed by atoms with van der Waals surface area (Å²) < 4.78 is 11.0. The van der Waals surface area contributed by atoms with Crippen LogP contribution in [0.25, 0.3) is 29.5 Å². The largest absolute Gasteiger partial charge is 0.359 e. The smallest absolute Gasteiger partial charge is 0.280 e. The van der Waals surface area contributed by atoms with E-state index in [0.717, 1.165) is 44.2 Å². The zero-order chi connectivity index (χ0) is 18.3. The van der Waals surface area contributed by atoms with Crippen molar-refractivity contribution in [2.45, 2.75) is 6.92 Å². The SMILES string of the molecule is C=c1[nH]n(-c2ccc(Br)cc2C)c(=O)c1=CNc1cccc2nsnc12. The number of fused-ring (bicyclic) bond motifs is 1. The lowest BCUT2D eigenvalue weighted by Crippen LogP contribution is -2.35. The summed E-state index contributed by atoms with van der Waals surface area (Å²) >= 11 is 4.59. The maximum absolute atomic E-state index is 12.8. The number of aromatic amines is 1. The minimum atomic E-state index is -0.170. The van der Waals surface area contributed by atoms with Gasteiger partial charge in [0.2, 0.25) is 0 Å². The number of aryl methyl sites for hydroxylation is 1. The van der Waals surface area contributed by atoms with E-state index in [2.05, 4.69) is 41.7 Å². The number of nitrogens with zero attached hydrogens (tertiary/aromatic N) is 3. The highest BCUT2D eigenvalue weighted by atomic mass is 79.9. The Morgan fingerprint density at radius 3 is 2.96 bits per heavy atom. The molecule has 0 bridgehead atoms. The number of anilines is 1. The lowest BCUT2D eigenvalue weighted by atomic mass is 10.2. The first-order valence-corrected chi connectivity index (χ1v) is 9.31. The van der Waals surface area contributed by atoms with Gasteiger partial charge >= 0.3 is 0 Å². The van der Waals surface area contributed by atoms with Crippen LogP contribution < -0.4 is 21.4 Å². The van der Waals surface area contributed by atoms with Crippen LogP contribution in [-0.4, -0.2) is 18.5 Å². The molecule has 0 fully saturated rings. The molecule has 2 aromatic carbocycles. The Morgan fingerprint density at radius 1 is 1.31 bits per heavy atom. The van der Waals surface area contributed by atoms with E-state index in [1.807, 2.05) is 43.3 Å². The predicted octanol–water partition coefficient (Wildman–Crippen LogP) is 2.50. The Morgan fingerprint density at radius 2 is 2.15 bits per heavy atom. The molecule has 0 unspecified atom stereocenters. The molecule has 0 aliphatic carbocycles. The fourth-order valence-corrected chi connectivity index (χ4v) is 3.78. The van der Waals surface area contributed by atoms with Gasteiger partial charge in [-0.1, -0.05) is 28.6 Å².